The summed E-state index contributed by atoms with van der Waals surface area (Å²) in [5, 5.41) is 0. The highest BCUT2D eigenvalue weighted by Gasteiger charge is 2.11. The Kier molecular flexibility index (Phi) is 6.94. The van der Waals surface area contributed by atoms with Gasteiger partial charge in [-0.3, -0.25) is 4.98 Å². The zero-order valence-electron chi connectivity index (χ0n) is 15.0. The summed E-state index contributed by atoms with van der Waals surface area (Å²) in [7, 11) is 0. The smallest absolute Gasteiger partial charge is 0.102 e. The number of hydrogen-bond acceptors (Lipinski definition) is 3. The number of unbranched alkanes of at least 4 members (excludes halogenated alkanes) is 1. The lowest BCUT2D eigenvalue weighted by molar-refractivity contribution is 0.392. The normalized spacial score (nSPS) is 11.6. The number of rotatable bonds is 7. The molecule has 0 aliphatic carbocycles. The van der Waals surface area contributed by atoms with Gasteiger partial charge in [-0.05, 0) is 63.4 Å². The predicted molar refractivity (Wildman–Crippen MR) is 102 cm³/mol. The second kappa shape index (κ2) is 9.18. The maximum absolute atomic E-state index is 5.65. The highest BCUT2D eigenvalue weighted by atomic mass is 15.2. The summed E-state index contributed by atoms with van der Waals surface area (Å²) in [5.41, 5.74) is 10.2. The summed E-state index contributed by atoms with van der Waals surface area (Å²) >= 11 is 0. The van der Waals surface area contributed by atoms with Gasteiger partial charge < -0.3 is 10.6 Å². The second-order valence-electron chi connectivity index (χ2n) is 6.13. The van der Waals surface area contributed by atoms with Gasteiger partial charge in [0.05, 0.1) is 17.9 Å². The number of aryl methyl sites for hydroxylation is 2. The summed E-state index contributed by atoms with van der Waals surface area (Å²) < 4.78 is 0. The van der Waals surface area contributed by atoms with Crippen molar-refractivity contribution in [2.45, 2.75) is 40.2 Å². The van der Waals surface area contributed by atoms with Gasteiger partial charge in [-0.15, -0.1) is 0 Å². The summed E-state index contributed by atoms with van der Waals surface area (Å²) in [6.07, 6.45) is 3.94. The van der Waals surface area contributed by atoms with E-state index in [9.17, 15) is 0 Å². The van der Waals surface area contributed by atoms with Gasteiger partial charge in [0.15, 0.2) is 0 Å². The first kappa shape index (κ1) is 18.1. The van der Waals surface area contributed by atoms with Crippen LogP contribution in [0.2, 0.25) is 0 Å². The summed E-state index contributed by atoms with van der Waals surface area (Å²) in [5.74, 6) is 1.02. The van der Waals surface area contributed by atoms with Gasteiger partial charge >= 0.3 is 0 Å². The maximum Gasteiger partial charge on any atom is 0.102 e. The molecule has 0 aliphatic rings. The molecule has 2 N–H and O–H groups in total. The molecule has 1 aromatic carbocycles. The predicted octanol–water partition coefficient (Wildman–Crippen LogP) is 3.99. The van der Waals surface area contributed by atoms with Gasteiger partial charge in [0.1, 0.15) is 5.84 Å². The molecule has 0 spiro atoms. The van der Waals surface area contributed by atoms with E-state index >= 15 is 0 Å². The molecule has 4 heteroatoms. The fraction of sp³-hybridized carbons (Fsp3) is 0.400. The number of nitrogens with zero attached hydrogens (tertiary/aromatic N) is 3. The first-order valence-electron chi connectivity index (χ1n) is 8.58. The van der Waals surface area contributed by atoms with Crippen molar-refractivity contribution in [2.24, 2.45) is 10.7 Å². The van der Waals surface area contributed by atoms with Crippen molar-refractivity contribution in [1.29, 1.82) is 0 Å². The third-order valence-electron chi connectivity index (χ3n) is 4.20. The molecular weight excluding hydrogens is 296 g/mol. The third-order valence-corrected chi connectivity index (χ3v) is 4.20. The van der Waals surface area contributed by atoms with Crippen molar-refractivity contribution in [1.82, 2.24) is 9.88 Å². The van der Waals surface area contributed by atoms with E-state index in [0.717, 1.165) is 49.7 Å². The van der Waals surface area contributed by atoms with E-state index in [2.05, 4.69) is 48.9 Å². The van der Waals surface area contributed by atoms with Crippen LogP contribution in [0.1, 0.15) is 36.6 Å². The zero-order chi connectivity index (χ0) is 17.4. The Morgan fingerprint density at radius 3 is 2.54 bits per heavy atom. The van der Waals surface area contributed by atoms with Crippen LogP contribution in [0.3, 0.4) is 0 Å². The quantitative estimate of drug-likeness (QED) is 0.476. The first-order valence-corrected chi connectivity index (χ1v) is 8.58. The molecule has 0 atom stereocenters. The van der Waals surface area contributed by atoms with Crippen molar-refractivity contribution < 1.29 is 0 Å². The molecule has 0 amide bonds. The van der Waals surface area contributed by atoms with E-state index < -0.39 is 0 Å². The van der Waals surface area contributed by atoms with Gasteiger partial charge in [-0.2, -0.15) is 0 Å². The Bertz CT molecular complexity index is 679. The first-order chi connectivity index (χ1) is 11.6. The minimum Gasteiger partial charge on any atom is -0.354 e. The van der Waals surface area contributed by atoms with Gasteiger partial charge in [0.2, 0.25) is 0 Å². The standard InChI is InChI=1S/C20H28N4/c1-16-9-4-5-11-19(16)23-18(3)24(14-7-6-12-21)15-20-17(2)10-8-13-22-20/h4-5,8-11,13H,6-7,12,14-15,21H2,1-3H3/b23-18+. The van der Waals surface area contributed by atoms with Crippen molar-refractivity contribution in [3.05, 3.63) is 59.4 Å². The van der Waals surface area contributed by atoms with Crippen LogP contribution in [0.15, 0.2) is 47.6 Å². The number of para-hydroxylation sites is 1. The van der Waals surface area contributed by atoms with Crippen LogP contribution in [0, 0.1) is 13.8 Å². The molecule has 1 aromatic heterocycles. The van der Waals surface area contributed by atoms with Gasteiger partial charge in [0, 0.05) is 12.7 Å². The van der Waals surface area contributed by atoms with E-state index in [0.29, 0.717) is 0 Å². The Morgan fingerprint density at radius 1 is 1.08 bits per heavy atom. The van der Waals surface area contributed by atoms with Gasteiger partial charge in [-0.25, -0.2) is 4.99 Å². The van der Waals surface area contributed by atoms with E-state index in [1.807, 2.05) is 24.4 Å². The van der Waals surface area contributed by atoms with Crippen LogP contribution in [0.5, 0.6) is 0 Å². The lowest BCUT2D eigenvalue weighted by Gasteiger charge is -2.25. The van der Waals surface area contributed by atoms with E-state index in [1.54, 1.807) is 0 Å². The molecule has 2 aromatic rings. The number of aliphatic imine (C=N–C) groups is 1. The molecule has 0 radical (unpaired) electrons. The Hall–Kier alpha value is -2.20. The molecular formula is C20H28N4. The molecule has 0 unspecified atom stereocenters. The van der Waals surface area contributed by atoms with Crippen LogP contribution in [-0.4, -0.2) is 28.8 Å². The van der Waals surface area contributed by atoms with Crippen LogP contribution in [0.4, 0.5) is 5.69 Å². The minimum absolute atomic E-state index is 0.727. The third kappa shape index (κ3) is 5.17. The minimum atomic E-state index is 0.727. The Morgan fingerprint density at radius 2 is 1.83 bits per heavy atom. The van der Waals surface area contributed by atoms with Crippen molar-refractivity contribution >= 4 is 11.5 Å². The number of aromatic nitrogens is 1. The molecule has 0 bridgehead atoms. The number of benzene rings is 1. The van der Waals surface area contributed by atoms with Gasteiger partial charge in [0.25, 0.3) is 0 Å². The number of hydrogen-bond donors (Lipinski definition) is 1. The fourth-order valence-corrected chi connectivity index (χ4v) is 2.60. The zero-order valence-corrected chi connectivity index (χ0v) is 15.0. The van der Waals surface area contributed by atoms with E-state index in [4.69, 9.17) is 10.7 Å². The topological polar surface area (TPSA) is 54.5 Å². The largest absolute Gasteiger partial charge is 0.354 e. The lowest BCUT2D eigenvalue weighted by atomic mass is 10.2. The highest BCUT2D eigenvalue weighted by Crippen LogP contribution is 2.19. The average Bonchev–Trinajstić information content (AvgIpc) is 2.58. The molecule has 0 saturated heterocycles. The Balaban J connectivity index is 2.21. The van der Waals surface area contributed by atoms with Crippen molar-refractivity contribution in [3.8, 4) is 0 Å². The number of nitrogens with two attached hydrogens (primary N) is 1. The van der Waals surface area contributed by atoms with Crippen LogP contribution >= 0.6 is 0 Å². The van der Waals surface area contributed by atoms with E-state index in [-0.39, 0.29) is 0 Å². The van der Waals surface area contributed by atoms with E-state index in [1.165, 1.54) is 11.1 Å². The molecule has 1 heterocycles. The van der Waals surface area contributed by atoms with Crippen molar-refractivity contribution in [2.75, 3.05) is 13.1 Å². The molecule has 24 heavy (non-hydrogen) atoms. The molecule has 0 aliphatic heterocycles. The SMILES string of the molecule is C/C(=N\c1ccccc1C)N(CCCCN)Cc1ncccc1C. The second-order valence-corrected chi connectivity index (χ2v) is 6.13. The summed E-state index contributed by atoms with van der Waals surface area (Å²) in [6.45, 7) is 8.71. The van der Waals surface area contributed by atoms with Gasteiger partial charge in [-0.1, -0.05) is 24.3 Å². The van der Waals surface area contributed by atoms with Crippen LogP contribution < -0.4 is 5.73 Å². The Labute approximate surface area is 145 Å². The molecule has 2 rings (SSSR count). The molecule has 0 fully saturated rings. The van der Waals surface area contributed by atoms with Crippen LogP contribution in [0.25, 0.3) is 0 Å². The van der Waals surface area contributed by atoms with Crippen LogP contribution in [-0.2, 0) is 6.54 Å². The number of pyridine rings is 1. The maximum atomic E-state index is 5.65. The summed E-state index contributed by atoms with van der Waals surface area (Å²) in [6, 6.07) is 12.3. The monoisotopic (exact) mass is 324 g/mol. The highest BCUT2D eigenvalue weighted by molar-refractivity contribution is 5.83. The molecule has 4 nitrogen and oxygen atoms in total. The molecule has 128 valence electrons. The molecule has 0 saturated carbocycles. The lowest BCUT2D eigenvalue weighted by Crippen LogP contribution is -2.30. The number of amidine groups is 1. The fourth-order valence-electron chi connectivity index (χ4n) is 2.60. The average molecular weight is 324 g/mol. The van der Waals surface area contributed by atoms with Crippen molar-refractivity contribution in [3.63, 3.8) is 0 Å². The summed E-state index contributed by atoms with van der Waals surface area (Å²) in [4.78, 5) is 11.7.